The summed E-state index contributed by atoms with van der Waals surface area (Å²) in [5.41, 5.74) is 3.17. The Balaban J connectivity index is 1.46. The van der Waals surface area contributed by atoms with E-state index in [2.05, 4.69) is 5.16 Å². The van der Waals surface area contributed by atoms with Crippen molar-refractivity contribution in [1.82, 2.24) is 15.0 Å². The van der Waals surface area contributed by atoms with E-state index in [1.807, 2.05) is 26.0 Å². The van der Waals surface area contributed by atoms with Crippen molar-refractivity contribution in [1.29, 1.82) is 0 Å². The molecule has 0 fully saturated rings. The number of imide groups is 1. The summed E-state index contributed by atoms with van der Waals surface area (Å²) in [7, 11) is 0. The van der Waals surface area contributed by atoms with Crippen LogP contribution in [0.1, 0.15) is 52.2 Å². The first-order valence-corrected chi connectivity index (χ1v) is 11.8. The van der Waals surface area contributed by atoms with Crippen molar-refractivity contribution in [2.75, 3.05) is 6.54 Å². The van der Waals surface area contributed by atoms with Gasteiger partial charge in [-0.15, -0.1) is 0 Å². The first-order valence-electron chi connectivity index (χ1n) is 11.4. The largest absolute Gasteiger partial charge is 0.356 e. The number of amides is 3. The molecule has 0 N–H and O–H groups in total. The van der Waals surface area contributed by atoms with Gasteiger partial charge in [-0.2, -0.15) is 0 Å². The molecule has 0 spiro atoms. The quantitative estimate of drug-likeness (QED) is 0.502. The highest BCUT2D eigenvalue weighted by molar-refractivity contribution is 6.30. The Hall–Kier alpha value is -3.45. The molecular formula is C26H24ClN3O4. The molecule has 2 aromatic carbocycles. The molecule has 0 radical (unpaired) electrons. The van der Waals surface area contributed by atoms with Crippen LogP contribution in [-0.2, 0) is 17.8 Å². The Kier molecular flexibility index (Phi) is 5.73. The second-order valence-corrected chi connectivity index (χ2v) is 9.25. The van der Waals surface area contributed by atoms with Crippen LogP contribution in [0.4, 0.5) is 0 Å². The summed E-state index contributed by atoms with van der Waals surface area (Å²) < 4.78 is 5.63. The van der Waals surface area contributed by atoms with Crippen LogP contribution in [0.25, 0.3) is 11.3 Å². The lowest BCUT2D eigenvalue weighted by Crippen LogP contribution is -2.54. The van der Waals surface area contributed by atoms with E-state index in [9.17, 15) is 14.4 Å². The molecule has 0 bridgehead atoms. The summed E-state index contributed by atoms with van der Waals surface area (Å²) in [5.74, 6) is -0.662. The van der Waals surface area contributed by atoms with E-state index < -0.39 is 17.9 Å². The average molecular weight is 478 g/mol. The van der Waals surface area contributed by atoms with Gasteiger partial charge in [-0.05, 0) is 42.3 Å². The van der Waals surface area contributed by atoms with E-state index in [1.165, 1.54) is 0 Å². The third-order valence-corrected chi connectivity index (χ3v) is 7.05. The Morgan fingerprint density at radius 1 is 1.09 bits per heavy atom. The fourth-order valence-electron chi connectivity index (χ4n) is 4.71. The van der Waals surface area contributed by atoms with E-state index in [0.29, 0.717) is 47.8 Å². The number of carbonyl (C=O) groups is 3. The molecule has 3 amide bonds. The molecule has 7 nitrogen and oxygen atoms in total. The van der Waals surface area contributed by atoms with Gasteiger partial charge in [0.05, 0.1) is 23.4 Å². The summed E-state index contributed by atoms with van der Waals surface area (Å²) in [4.78, 5) is 43.1. The zero-order valence-corrected chi connectivity index (χ0v) is 19.7. The molecule has 0 aliphatic carbocycles. The van der Waals surface area contributed by atoms with E-state index in [1.54, 1.807) is 41.3 Å². The van der Waals surface area contributed by atoms with Crippen LogP contribution in [0.3, 0.4) is 0 Å². The van der Waals surface area contributed by atoms with Gasteiger partial charge in [0, 0.05) is 29.1 Å². The molecule has 3 heterocycles. The van der Waals surface area contributed by atoms with Crippen LogP contribution >= 0.6 is 11.6 Å². The second-order valence-electron chi connectivity index (χ2n) is 8.81. The van der Waals surface area contributed by atoms with E-state index in [4.69, 9.17) is 16.1 Å². The van der Waals surface area contributed by atoms with Crippen molar-refractivity contribution < 1.29 is 18.9 Å². The molecule has 2 unspecified atom stereocenters. The van der Waals surface area contributed by atoms with Crippen LogP contribution in [0.15, 0.2) is 53.1 Å². The predicted octanol–water partition coefficient (Wildman–Crippen LogP) is 4.59. The number of carbonyl (C=O) groups excluding carboxylic acids is 3. The van der Waals surface area contributed by atoms with Crippen molar-refractivity contribution in [2.24, 2.45) is 5.92 Å². The van der Waals surface area contributed by atoms with Gasteiger partial charge in [0.1, 0.15) is 6.04 Å². The van der Waals surface area contributed by atoms with Crippen LogP contribution in [0.5, 0.6) is 0 Å². The number of hydrogen-bond donors (Lipinski definition) is 0. The molecule has 0 saturated heterocycles. The smallest absolute Gasteiger partial charge is 0.262 e. The highest BCUT2D eigenvalue weighted by Crippen LogP contribution is 2.34. The van der Waals surface area contributed by atoms with Gasteiger partial charge in [-0.1, -0.05) is 49.2 Å². The van der Waals surface area contributed by atoms with Gasteiger partial charge in [0.2, 0.25) is 5.91 Å². The minimum Gasteiger partial charge on any atom is -0.356 e. The van der Waals surface area contributed by atoms with Crippen molar-refractivity contribution in [3.8, 4) is 11.3 Å². The minimum atomic E-state index is -0.877. The highest BCUT2D eigenvalue weighted by atomic mass is 35.5. The molecule has 2 aliphatic rings. The van der Waals surface area contributed by atoms with Gasteiger partial charge >= 0.3 is 0 Å². The zero-order chi connectivity index (χ0) is 24.0. The van der Waals surface area contributed by atoms with Gasteiger partial charge < -0.3 is 9.42 Å². The summed E-state index contributed by atoms with van der Waals surface area (Å²) in [6, 6.07) is 13.1. The molecule has 34 heavy (non-hydrogen) atoms. The molecule has 3 aromatic rings. The van der Waals surface area contributed by atoms with Crippen LogP contribution in [0.2, 0.25) is 5.02 Å². The molecule has 174 valence electrons. The topological polar surface area (TPSA) is 83.7 Å². The second kappa shape index (κ2) is 8.72. The predicted molar refractivity (Wildman–Crippen MR) is 126 cm³/mol. The fraction of sp³-hybridized carbons (Fsp3) is 0.308. The molecule has 5 rings (SSSR count). The normalized spacial score (nSPS) is 16.9. The monoisotopic (exact) mass is 477 g/mol. The third-order valence-electron chi connectivity index (χ3n) is 6.79. The van der Waals surface area contributed by atoms with E-state index in [0.717, 1.165) is 21.7 Å². The Morgan fingerprint density at radius 3 is 2.35 bits per heavy atom. The zero-order valence-electron chi connectivity index (χ0n) is 19.0. The first-order chi connectivity index (χ1) is 16.4. The number of aromatic nitrogens is 1. The van der Waals surface area contributed by atoms with Crippen molar-refractivity contribution >= 4 is 29.3 Å². The van der Waals surface area contributed by atoms with Gasteiger partial charge in [0.25, 0.3) is 11.8 Å². The number of nitrogens with zero attached hydrogens (tertiary/aromatic N) is 3. The van der Waals surface area contributed by atoms with Gasteiger partial charge in [-0.3, -0.25) is 19.3 Å². The Labute approximate surface area is 202 Å². The van der Waals surface area contributed by atoms with Crippen LogP contribution < -0.4 is 0 Å². The van der Waals surface area contributed by atoms with Gasteiger partial charge in [0.15, 0.2) is 5.76 Å². The maximum absolute atomic E-state index is 13.9. The highest BCUT2D eigenvalue weighted by Gasteiger charge is 2.46. The summed E-state index contributed by atoms with van der Waals surface area (Å²) in [5, 5.41) is 4.83. The maximum Gasteiger partial charge on any atom is 0.262 e. The van der Waals surface area contributed by atoms with Crippen molar-refractivity contribution in [3.05, 3.63) is 75.9 Å². The Morgan fingerprint density at radius 2 is 1.74 bits per heavy atom. The van der Waals surface area contributed by atoms with E-state index >= 15 is 0 Å². The summed E-state index contributed by atoms with van der Waals surface area (Å²) in [6.45, 7) is 4.59. The first kappa shape index (κ1) is 22.3. The third kappa shape index (κ3) is 3.60. The van der Waals surface area contributed by atoms with Crippen LogP contribution in [-0.4, -0.2) is 45.3 Å². The fourth-order valence-corrected chi connectivity index (χ4v) is 4.83. The molecule has 8 heteroatoms. The number of fused-ring (bicyclic) bond motifs is 2. The molecule has 0 saturated carbocycles. The molecule has 2 aliphatic heterocycles. The van der Waals surface area contributed by atoms with E-state index in [-0.39, 0.29) is 11.8 Å². The number of hydrogen-bond acceptors (Lipinski definition) is 5. The molecule has 1 aromatic heterocycles. The Bertz CT molecular complexity index is 1250. The van der Waals surface area contributed by atoms with Crippen LogP contribution in [0, 0.1) is 5.92 Å². The van der Waals surface area contributed by atoms with Crippen molar-refractivity contribution in [3.63, 3.8) is 0 Å². The number of halogens is 1. The number of rotatable bonds is 5. The minimum absolute atomic E-state index is 0.200. The number of benzene rings is 2. The standard InChI is InChI=1S/C26H24ClN3O4/c1-3-15(2)22(30-24(31)18-6-4-5-7-19(18)25(30)32)26(33)29-13-12-21-20(14-29)23(34-28-21)16-8-10-17(27)11-9-16/h4-11,15,22H,3,12-14H2,1-2H3. The molecule has 2 atom stereocenters. The van der Waals surface area contributed by atoms with Gasteiger partial charge in [-0.25, -0.2) is 0 Å². The summed E-state index contributed by atoms with van der Waals surface area (Å²) >= 11 is 6.02. The lowest BCUT2D eigenvalue weighted by molar-refractivity contribution is -0.138. The lowest BCUT2D eigenvalue weighted by Gasteiger charge is -2.36. The average Bonchev–Trinajstić information content (AvgIpc) is 3.39. The van der Waals surface area contributed by atoms with Crippen molar-refractivity contribution in [2.45, 2.75) is 39.3 Å². The summed E-state index contributed by atoms with van der Waals surface area (Å²) in [6.07, 6.45) is 1.18. The lowest BCUT2D eigenvalue weighted by atomic mass is 9.94. The SMILES string of the molecule is CCC(C)C(C(=O)N1CCc2noc(-c3ccc(Cl)cc3)c2C1)N1C(=O)c2ccccc2C1=O. The maximum atomic E-state index is 13.9. The molecular weight excluding hydrogens is 454 g/mol.